The van der Waals surface area contributed by atoms with E-state index >= 15 is 0 Å². The van der Waals surface area contributed by atoms with Gasteiger partial charge in [0.1, 0.15) is 13.2 Å². The number of thiophene rings is 1. The van der Waals surface area contributed by atoms with Crippen molar-refractivity contribution in [3.05, 3.63) is 58.3 Å². The molecule has 0 spiro atoms. The third kappa shape index (κ3) is 5.31. The van der Waals surface area contributed by atoms with E-state index in [0.717, 1.165) is 10.4 Å². The standard InChI is InChI=1S/C16H17NO4S/c18-15(11-21-12-16(19)20)17(10-14-7-4-8-22-14)9-13-5-2-1-3-6-13/h1-8H,9-12H2,(H,19,20). The van der Waals surface area contributed by atoms with E-state index in [0.29, 0.717) is 13.1 Å². The van der Waals surface area contributed by atoms with Crippen LogP contribution in [0.15, 0.2) is 47.8 Å². The van der Waals surface area contributed by atoms with Gasteiger partial charge in [0.15, 0.2) is 0 Å². The normalized spacial score (nSPS) is 10.4. The van der Waals surface area contributed by atoms with Crippen molar-refractivity contribution >= 4 is 23.2 Å². The number of aliphatic carboxylic acids is 1. The number of carbonyl (C=O) groups excluding carboxylic acids is 1. The topological polar surface area (TPSA) is 66.8 Å². The molecule has 6 heteroatoms. The summed E-state index contributed by atoms with van der Waals surface area (Å²) in [5, 5.41) is 10.5. The number of benzene rings is 1. The zero-order chi connectivity index (χ0) is 15.8. The van der Waals surface area contributed by atoms with Gasteiger partial charge in [0.2, 0.25) is 5.91 Å². The van der Waals surface area contributed by atoms with E-state index in [2.05, 4.69) is 0 Å². The van der Waals surface area contributed by atoms with Gasteiger partial charge >= 0.3 is 5.97 Å². The monoisotopic (exact) mass is 319 g/mol. The van der Waals surface area contributed by atoms with Crippen LogP contribution in [0.25, 0.3) is 0 Å². The highest BCUT2D eigenvalue weighted by Gasteiger charge is 2.16. The summed E-state index contributed by atoms with van der Waals surface area (Å²) in [5.74, 6) is -1.31. The summed E-state index contributed by atoms with van der Waals surface area (Å²) in [4.78, 5) is 25.5. The maximum Gasteiger partial charge on any atom is 0.329 e. The highest BCUT2D eigenvalue weighted by atomic mass is 32.1. The highest BCUT2D eigenvalue weighted by Crippen LogP contribution is 2.14. The van der Waals surface area contributed by atoms with Crippen LogP contribution in [0.3, 0.4) is 0 Å². The van der Waals surface area contributed by atoms with Gasteiger partial charge in [0.25, 0.3) is 0 Å². The second-order valence-corrected chi connectivity index (χ2v) is 5.73. The Hall–Kier alpha value is -2.18. The zero-order valence-corrected chi connectivity index (χ0v) is 12.8. The van der Waals surface area contributed by atoms with E-state index in [1.165, 1.54) is 0 Å². The van der Waals surface area contributed by atoms with Crippen LogP contribution in [0, 0.1) is 0 Å². The minimum absolute atomic E-state index is 0.224. The van der Waals surface area contributed by atoms with Crippen molar-refractivity contribution in [2.75, 3.05) is 13.2 Å². The molecule has 0 unspecified atom stereocenters. The molecule has 0 aliphatic heterocycles. The first-order valence-corrected chi connectivity index (χ1v) is 7.66. The van der Waals surface area contributed by atoms with Crippen LogP contribution in [0.2, 0.25) is 0 Å². The maximum atomic E-state index is 12.3. The van der Waals surface area contributed by atoms with Crippen LogP contribution in [-0.2, 0) is 27.4 Å². The quantitative estimate of drug-likeness (QED) is 0.811. The van der Waals surface area contributed by atoms with Crippen molar-refractivity contribution in [3.8, 4) is 0 Å². The fourth-order valence-electron chi connectivity index (χ4n) is 1.94. The number of amides is 1. The molecule has 22 heavy (non-hydrogen) atoms. The molecule has 1 aromatic carbocycles. The Morgan fingerprint density at radius 3 is 2.45 bits per heavy atom. The summed E-state index contributed by atoms with van der Waals surface area (Å²) >= 11 is 1.58. The molecule has 2 rings (SSSR count). The minimum atomic E-state index is -1.08. The Kier molecular flexibility index (Phi) is 6.12. The number of carboxylic acid groups (broad SMARTS) is 1. The van der Waals surface area contributed by atoms with Crippen molar-refractivity contribution < 1.29 is 19.4 Å². The number of rotatable bonds is 8. The van der Waals surface area contributed by atoms with Gasteiger partial charge in [-0.1, -0.05) is 36.4 Å². The lowest BCUT2D eigenvalue weighted by Crippen LogP contribution is -2.33. The summed E-state index contributed by atoms with van der Waals surface area (Å²) in [6.45, 7) is 0.254. The average Bonchev–Trinajstić information content (AvgIpc) is 3.00. The Balaban J connectivity index is 2.00. The van der Waals surface area contributed by atoms with E-state index in [4.69, 9.17) is 9.84 Å². The SMILES string of the molecule is O=C(O)COCC(=O)N(Cc1ccccc1)Cc1cccs1. The molecule has 1 amide bonds. The van der Waals surface area contributed by atoms with Gasteiger partial charge in [-0.05, 0) is 17.0 Å². The van der Waals surface area contributed by atoms with Crippen LogP contribution < -0.4 is 0 Å². The molecule has 0 saturated heterocycles. The Labute approximate surface area is 132 Å². The summed E-state index contributed by atoms with van der Waals surface area (Å²) in [6, 6.07) is 13.6. The molecule has 1 heterocycles. The van der Waals surface area contributed by atoms with E-state index in [1.807, 2.05) is 47.8 Å². The van der Waals surface area contributed by atoms with Gasteiger partial charge in [-0.3, -0.25) is 4.79 Å². The van der Waals surface area contributed by atoms with E-state index in [9.17, 15) is 9.59 Å². The first-order valence-electron chi connectivity index (χ1n) is 6.79. The molecule has 0 radical (unpaired) electrons. The molecular weight excluding hydrogens is 302 g/mol. The van der Waals surface area contributed by atoms with Gasteiger partial charge in [-0.2, -0.15) is 0 Å². The van der Waals surface area contributed by atoms with Gasteiger partial charge in [-0.15, -0.1) is 11.3 Å². The lowest BCUT2D eigenvalue weighted by Gasteiger charge is -2.22. The second kappa shape index (κ2) is 8.31. The number of carboxylic acids is 1. The summed E-state index contributed by atoms with van der Waals surface area (Å²) in [7, 11) is 0. The van der Waals surface area contributed by atoms with Crippen molar-refractivity contribution in [1.82, 2.24) is 4.90 Å². The first-order chi connectivity index (χ1) is 10.6. The van der Waals surface area contributed by atoms with Gasteiger partial charge in [-0.25, -0.2) is 4.79 Å². The smallest absolute Gasteiger partial charge is 0.329 e. The van der Waals surface area contributed by atoms with Crippen LogP contribution in [-0.4, -0.2) is 35.1 Å². The average molecular weight is 319 g/mol. The van der Waals surface area contributed by atoms with Crippen molar-refractivity contribution in [2.45, 2.75) is 13.1 Å². The summed E-state index contributed by atoms with van der Waals surface area (Å²) < 4.78 is 4.91. The van der Waals surface area contributed by atoms with Gasteiger partial charge in [0.05, 0.1) is 6.54 Å². The van der Waals surface area contributed by atoms with Crippen molar-refractivity contribution in [3.63, 3.8) is 0 Å². The third-order valence-electron chi connectivity index (χ3n) is 2.95. The first kappa shape index (κ1) is 16.2. The number of hydrogen-bond donors (Lipinski definition) is 1. The third-order valence-corrected chi connectivity index (χ3v) is 3.81. The highest BCUT2D eigenvalue weighted by molar-refractivity contribution is 7.09. The van der Waals surface area contributed by atoms with Gasteiger partial charge < -0.3 is 14.7 Å². The van der Waals surface area contributed by atoms with Crippen LogP contribution in [0.1, 0.15) is 10.4 Å². The summed E-state index contributed by atoms with van der Waals surface area (Å²) in [5.41, 5.74) is 1.02. The number of carbonyl (C=O) groups is 2. The number of hydrogen-bond acceptors (Lipinski definition) is 4. The van der Waals surface area contributed by atoms with Crippen LogP contribution >= 0.6 is 11.3 Å². The van der Waals surface area contributed by atoms with Crippen molar-refractivity contribution in [1.29, 1.82) is 0 Å². The van der Waals surface area contributed by atoms with Crippen molar-refractivity contribution in [2.24, 2.45) is 0 Å². The van der Waals surface area contributed by atoms with E-state index in [1.54, 1.807) is 16.2 Å². The molecule has 2 aromatic rings. The Bertz CT molecular complexity index is 598. The molecule has 0 fully saturated rings. The molecular formula is C16H17NO4S. The Morgan fingerprint density at radius 2 is 1.82 bits per heavy atom. The number of ether oxygens (including phenoxy) is 1. The largest absolute Gasteiger partial charge is 0.480 e. The van der Waals surface area contributed by atoms with Crippen LogP contribution in [0.4, 0.5) is 0 Å². The number of nitrogens with zero attached hydrogens (tertiary/aromatic N) is 1. The molecule has 1 N–H and O–H groups in total. The predicted molar refractivity (Wildman–Crippen MR) is 83.5 cm³/mol. The van der Waals surface area contributed by atoms with E-state index in [-0.39, 0.29) is 12.5 Å². The molecule has 1 aromatic heterocycles. The fourth-order valence-corrected chi connectivity index (χ4v) is 2.66. The summed E-state index contributed by atoms with van der Waals surface area (Å²) in [6.07, 6.45) is 0. The van der Waals surface area contributed by atoms with Crippen LogP contribution in [0.5, 0.6) is 0 Å². The predicted octanol–water partition coefficient (Wildman–Crippen LogP) is 2.38. The lowest BCUT2D eigenvalue weighted by molar-refractivity contribution is -0.146. The minimum Gasteiger partial charge on any atom is -0.480 e. The molecule has 0 atom stereocenters. The molecule has 0 saturated carbocycles. The maximum absolute atomic E-state index is 12.3. The Morgan fingerprint density at radius 1 is 1.05 bits per heavy atom. The van der Waals surface area contributed by atoms with E-state index < -0.39 is 12.6 Å². The molecule has 0 bridgehead atoms. The second-order valence-electron chi connectivity index (χ2n) is 4.70. The van der Waals surface area contributed by atoms with Gasteiger partial charge in [0, 0.05) is 11.4 Å². The lowest BCUT2D eigenvalue weighted by atomic mass is 10.2. The molecule has 0 aliphatic carbocycles. The molecule has 0 aliphatic rings. The zero-order valence-electron chi connectivity index (χ0n) is 12.0. The molecule has 116 valence electrons. The molecule has 5 nitrogen and oxygen atoms in total. The fraction of sp³-hybridized carbons (Fsp3) is 0.250.